The third kappa shape index (κ3) is 33.6. The molecule has 1 aliphatic rings. The molecule has 1 fully saturated rings. The first-order valence-electron chi connectivity index (χ1n) is 15.0. The Morgan fingerprint density at radius 1 is 0.737 bits per heavy atom. The molecule has 0 bridgehead atoms. The minimum atomic E-state index is -0.885. The zero-order valence-corrected chi connectivity index (χ0v) is 24.6. The smallest absolute Gasteiger partial charge is 0.303 e. The van der Waals surface area contributed by atoms with Crippen molar-refractivity contribution < 1.29 is 25.1 Å². The van der Waals surface area contributed by atoms with Gasteiger partial charge < -0.3 is 20.3 Å². The Morgan fingerprint density at radius 3 is 1.50 bits per heavy atom. The number of quaternary nitrogens is 1. The number of carboxylic acid groups (broad SMARTS) is 2. The molecule has 3 N–H and O–H groups in total. The predicted molar refractivity (Wildman–Crippen MR) is 160 cm³/mol. The van der Waals surface area contributed by atoms with E-state index in [0.717, 1.165) is 70.6 Å². The van der Waals surface area contributed by atoms with Crippen LogP contribution in [0.3, 0.4) is 0 Å². The van der Waals surface area contributed by atoms with Gasteiger partial charge in [0.05, 0.1) is 13.1 Å². The van der Waals surface area contributed by atoms with Gasteiger partial charge in [-0.05, 0) is 83.0 Å². The van der Waals surface area contributed by atoms with Crippen LogP contribution in [0, 0.1) is 5.92 Å². The second-order valence-electron chi connectivity index (χ2n) is 9.51. The van der Waals surface area contributed by atoms with Crippen molar-refractivity contribution in [2.24, 2.45) is 5.92 Å². The van der Waals surface area contributed by atoms with Gasteiger partial charge in [0.2, 0.25) is 0 Å². The van der Waals surface area contributed by atoms with E-state index < -0.39 is 11.9 Å². The highest BCUT2D eigenvalue weighted by atomic mass is 16.4. The molecule has 0 amide bonds. The largest absolute Gasteiger partial charge is 0.550 e. The lowest BCUT2D eigenvalue weighted by molar-refractivity contribution is -0.662. The zero-order valence-electron chi connectivity index (χ0n) is 24.6. The van der Waals surface area contributed by atoms with Crippen molar-refractivity contribution in [2.75, 3.05) is 13.1 Å². The number of hydrogen-bond acceptors (Lipinski definition) is 3. The van der Waals surface area contributed by atoms with Gasteiger partial charge in [0.25, 0.3) is 0 Å². The van der Waals surface area contributed by atoms with Gasteiger partial charge in [-0.15, -0.1) is 0 Å². The maximum Gasteiger partial charge on any atom is 0.303 e. The van der Waals surface area contributed by atoms with Crippen LogP contribution in [0.1, 0.15) is 117 Å². The lowest BCUT2D eigenvalue weighted by Gasteiger charge is -2.15. The molecule has 5 heteroatoms. The molecule has 1 heterocycles. The van der Waals surface area contributed by atoms with Gasteiger partial charge in [-0.25, -0.2) is 0 Å². The van der Waals surface area contributed by atoms with E-state index in [1.807, 2.05) is 13.8 Å². The fourth-order valence-electron chi connectivity index (χ4n) is 3.72. The fraction of sp³-hybridized carbons (Fsp3) is 0.636. The highest BCUT2D eigenvalue weighted by Gasteiger charge is 2.05. The summed E-state index contributed by atoms with van der Waals surface area (Å²) >= 11 is 0. The Bertz CT molecular complexity index is 655. The van der Waals surface area contributed by atoms with Gasteiger partial charge in [-0.2, -0.15) is 0 Å². The van der Waals surface area contributed by atoms with Crippen molar-refractivity contribution >= 4 is 11.9 Å². The van der Waals surface area contributed by atoms with Crippen LogP contribution in [0.4, 0.5) is 0 Å². The Balaban J connectivity index is 0. The summed E-state index contributed by atoms with van der Waals surface area (Å²) in [5, 5.41) is 21.3. The molecule has 0 radical (unpaired) electrons. The average Bonchev–Trinajstić information content (AvgIpc) is 2.92. The zero-order chi connectivity index (χ0) is 28.5. The molecule has 0 atom stereocenters. The molecule has 1 aliphatic heterocycles. The van der Waals surface area contributed by atoms with Crippen LogP contribution in [-0.4, -0.2) is 30.1 Å². The van der Waals surface area contributed by atoms with Crippen molar-refractivity contribution in [1.29, 1.82) is 0 Å². The minimum Gasteiger partial charge on any atom is -0.550 e. The summed E-state index contributed by atoms with van der Waals surface area (Å²) in [7, 11) is 0. The molecular formula is C33H57NO4. The molecular weight excluding hydrogens is 474 g/mol. The lowest BCUT2D eigenvalue weighted by atomic mass is 9.99. The van der Waals surface area contributed by atoms with Gasteiger partial charge in [-0.3, -0.25) is 4.79 Å². The number of unbranched alkanes of at least 4 members (excludes halogenated alkanes) is 1. The number of allylic oxidation sites excluding steroid dienone is 10. The first-order chi connectivity index (χ1) is 18.5. The van der Waals surface area contributed by atoms with Crippen LogP contribution < -0.4 is 10.4 Å². The average molecular weight is 532 g/mol. The molecule has 5 nitrogen and oxygen atoms in total. The molecule has 218 valence electrons. The normalized spacial score (nSPS) is 13.9. The van der Waals surface area contributed by atoms with E-state index in [2.05, 4.69) is 73.0 Å². The number of rotatable bonds is 18. The fourth-order valence-corrected chi connectivity index (χ4v) is 3.72. The first-order valence-corrected chi connectivity index (χ1v) is 15.0. The molecule has 1 rings (SSSR count). The molecule has 0 aromatic carbocycles. The Hall–Kier alpha value is -2.40. The molecule has 1 saturated heterocycles. The maximum atomic E-state index is 10.4. The lowest BCUT2D eigenvalue weighted by Crippen LogP contribution is -2.85. The predicted octanol–water partition coefficient (Wildman–Crippen LogP) is 6.68. The van der Waals surface area contributed by atoms with Gasteiger partial charge >= 0.3 is 5.97 Å². The highest BCUT2D eigenvalue weighted by Crippen LogP contribution is 2.11. The number of carbonyl (C=O) groups excluding carboxylic acids is 1. The van der Waals surface area contributed by atoms with E-state index in [1.54, 1.807) is 0 Å². The Kier molecular flexibility index (Phi) is 32.4. The molecule has 0 aromatic heterocycles. The van der Waals surface area contributed by atoms with Gasteiger partial charge in [0.1, 0.15) is 0 Å². The summed E-state index contributed by atoms with van der Waals surface area (Å²) in [5.74, 6) is -1.81. The van der Waals surface area contributed by atoms with Gasteiger partial charge in [-0.1, -0.05) is 94.4 Å². The minimum absolute atomic E-state index is 0.213. The summed E-state index contributed by atoms with van der Waals surface area (Å²) in [4.78, 5) is 20.7. The Morgan fingerprint density at radius 2 is 1.18 bits per heavy atom. The topological polar surface area (TPSA) is 94.0 Å². The van der Waals surface area contributed by atoms with Crippen molar-refractivity contribution in [3.8, 4) is 0 Å². The molecule has 0 saturated carbocycles. The SMILES string of the molecule is C1CC[NH2+]CC1.CC/C=C\C/C=C\C/C=C\C/C=C\C/C=C\CCCC(=O)O.CCCC(CCC)C(=O)[O-]. The molecule has 0 aliphatic carbocycles. The summed E-state index contributed by atoms with van der Waals surface area (Å²) in [6.45, 7) is 8.88. The van der Waals surface area contributed by atoms with Crippen molar-refractivity contribution in [3.05, 3.63) is 60.8 Å². The highest BCUT2D eigenvalue weighted by molar-refractivity contribution is 5.67. The maximum absolute atomic E-state index is 10.4. The standard InChI is InChI=1S/C20H30O2.C8H16O2.C5H11N/c1-2-3-4-5-6-7-8-9-10-11-12-13-14-15-16-17-18-19-20(21)22;1-3-5-7(6-4-2)8(9)10;1-2-4-6-5-3-1/h3-4,6-7,9-10,12-13,15-16H,2,5,8,11,14,17-19H2,1H3,(H,21,22);7H,3-6H2,1-2H3,(H,9,10);6H,1-5H2/b4-3-,7-6-,10-9-,13-12-,16-15-;;. The van der Waals surface area contributed by atoms with Crippen LogP contribution in [0.5, 0.6) is 0 Å². The molecule has 0 unspecified atom stereocenters. The number of aliphatic carboxylic acids is 2. The number of carboxylic acids is 2. The second-order valence-corrected chi connectivity index (χ2v) is 9.51. The number of nitrogens with two attached hydrogens (primary N) is 1. The summed E-state index contributed by atoms with van der Waals surface area (Å²) in [6.07, 6.45) is 36.2. The number of hydrogen-bond donors (Lipinski definition) is 2. The van der Waals surface area contributed by atoms with E-state index in [4.69, 9.17) is 5.11 Å². The summed E-state index contributed by atoms with van der Waals surface area (Å²) in [6, 6.07) is 0. The number of piperidine rings is 1. The first kappa shape index (κ1) is 37.8. The van der Waals surface area contributed by atoms with Crippen LogP contribution >= 0.6 is 0 Å². The Labute approximate surface area is 233 Å². The molecule has 38 heavy (non-hydrogen) atoms. The van der Waals surface area contributed by atoms with Crippen LogP contribution in [0.15, 0.2) is 60.8 Å². The van der Waals surface area contributed by atoms with E-state index in [1.165, 1.54) is 32.4 Å². The number of carbonyl (C=O) groups is 2. The second kappa shape index (κ2) is 32.6. The quantitative estimate of drug-likeness (QED) is 0.152. The van der Waals surface area contributed by atoms with Crippen molar-refractivity contribution in [2.45, 2.75) is 117 Å². The van der Waals surface area contributed by atoms with Crippen molar-refractivity contribution in [1.82, 2.24) is 0 Å². The van der Waals surface area contributed by atoms with Gasteiger partial charge in [0.15, 0.2) is 0 Å². The van der Waals surface area contributed by atoms with Crippen LogP contribution in [-0.2, 0) is 9.59 Å². The van der Waals surface area contributed by atoms with Crippen LogP contribution in [0.2, 0.25) is 0 Å². The van der Waals surface area contributed by atoms with E-state index in [0.29, 0.717) is 0 Å². The molecule has 0 aromatic rings. The van der Waals surface area contributed by atoms with E-state index in [9.17, 15) is 14.7 Å². The third-order valence-corrected chi connectivity index (χ3v) is 5.84. The summed E-state index contributed by atoms with van der Waals surface area (Å²) in [5.41, 5.74) is 0. The third-order valence-electron chi connectivity index (χ3n) is 5.84. The monoisotopic (exact) mass is 531 g/mol. The molecule has 0 spiro atoms. The van der Waals surface area contributed by atoms with E-state index in [-0.39, 0.29) is 12.3 Å². The van der Waals surface area contributed by atoms with Gasteiger partial charge in [0, 0.05) is 12.4 Å². The van der Waals surface area contributed by atoms with Crippen molar-refractivity contribution in [3.63, 3.8) is 0 Å². The van der Waals surface area contributed by atoms with Crippen LogP contribution in [0.25, 0.3) is 0 Å². The van der Waals surface area contributed by atoms with E-state index >= 15 is 0 Å². The summed E-state index contributed by atoms with van der Waals surface area (Å²) < 4.78 is 0.